The molecule has 1 amide bonds. The predicted molar refractivity (Wildman–Crippen MR) is 93.0 cm³/mol. The molecule has 1 aliphatic rings. The number of anilines is 1. The van der Waals surface area contributed by atoms with Gasteiger partial charge in [0.1, 0.15) is 5.37 Å². The number of alkyl halides is 3. The van der Waals surface area contributed by atoms with Gasteiger partial charge in [-0.05, 0) is 42.3 Å². The number of hydrogen-bond donors (Lipinski definition) is 0. The number of halogens is 4. The molecule has 3 rings (SSSR count). The number of thioether (sulfide) groups is 1. The van der Waals surface area contributed by atoms with Crippen molar-refractivity contribution in [2.24, 2.45) is 0 Å². The van der Waals surface area contributed by atoms with Crippen LogP contribution in [0.25, 0.3) is 0 Å². The number of benzene rings is 2. The molecule has 24 heavy (non-hydrogen) atoms. The van der Waals surface area contributed by atoms with Crippen LogP contribution in [0, 0.1) is 6.92 Å². The van der Waals surface area contributed by atoms with E-state index in [0.29, 0.717) is 5.69 Å². The Bertz CT molecular complexity index is 794. The van der Waals surface area contributed by atoms with E-state index in [9.17, 15) is 18.0 Å². The summed E-state index contributed by atoms with van der Waals surface area (Å²) in [4.78, 5) is 13.8. The summed E-state index contributed by atoms with van der Waals surface area (Å²) in [5, 5.41) is -0.684. The van der Waals surface area contributed by atoms with Gasteiger partial charge in [0.05, 0.1) is 11.3 Å². The van der Waals surface area contributed by atoms with Gasteiger partial charge >= 0.3 is 6.18 Å². The first kappa shape index (κ1) is 17.4. The summed E-state index contributed by atoms with van der Waals surface area (Å²) in [7, 11) is 0. The second kappa shape index (κ2) is 6.44. The van der Waals surface area contributed by atoms with Crippen molar-refractivity contribution in [3.05, 3.63) is 63.6 Å². The van der Waals surface area contributed by atoms with Crippen molar-refractivity contribution in [1.29, 1.82) is 0 Å². The molecular weight excluding hydrogens is 403 g/mol. The molecule has 7 heteroatoms. The maximum atomic E-state index is 13.3. The maximum absolute atomic E-state index is 13.3. The highest BCUT2D eigenvalue weighted by Crippen LogP contribution is 2.46. The zero-order valence-electron chi connectivity index (χ0n) is 12.6. The summed E-state index contributed by atoms with van der Waals surface area (Å²) >= 11 is 4.60. The van der Waals surface area contributed by atoms with Gasteiger partial charge in [-0.2, -0.15) is 13.2 Å². The molecule has 2 nitrogen and oxygen atoms in total. The normalized spacial score (nSPS) is 18.3. The van der Waals surface area contributed by atoms with Gasteiger partial charge in [0.15, 0.2) is 0 Å². The second-order valence-corrected chi connectivity index (χ2v) is 7.37. The molecule has 0 bridgehead atoms. The van der Waals surface area contributed by atoms with E-state index in [-0.39, 0.29) is 17.2 Å². The van der Waals surface area contributed by atoms with Gasteiger partial charge in [0.2, 0.25) is 5.91 Å². The van der Waals surface area contributed by atoms with Crippen molar-refractivity contribution >= 4 is 39.3 Å². The molecule has 1 aliphatic heterocycles. The van der Waals surface area contributed by atoms with E-state index in [2.05, 4.69) is 15.9 Å². The van der Waals surface area contributed by atoms with Crippen LogP contribution in [-0.2, 0) is 11.0 Å². The van der Waals surface area contributed by atoms with Crippen LogP contribution < -0.4 is 4.90 Å². The van der Waals surface area contributed by atoms with Gasteiger partial charge < -0.3 is 0 Å². The number of carbonyl (C=O) groups excluding carboxylic acids is 1. The standard InChI is InChI=1S/C17H13BrF3NOS/c1-10-8-11(6-7-14(10)18)22-15(23)9-24-16(22)12-4-2-3-5-13(12)17(19,20)21/h2-8,16H,9H2,1H3/t16-/m1/s1. The minimum absolute atomic E-state index is 0.112. The van der Waals surface area contributed by atoms with Crippen LogP contribution in [0.3, 0.4) is 0 Å². The minimum Gasteiger partial charge on any atom is -0.295 e. The summed E-state index contributed by atoms with van der Waals surface area (Å²) in [5.74, 6) is -0.0323. The van der Waals surface area contributed by atoms with E-state index < -0.39 is 17.1 Å². The van der Waals surface area contributed by atoms with Crippen LogP contribution in [-0.4, -0.2) is 11.7 Å². The van der Waals surface area contributed by atoms with Gasteiger partial charge in [-0.1, -0.05) is 34.1 Å². The third-order valence-corrected chi connectivity index (χ3v) is 5.90. The van der Waals surface area contributed by atoms with E-state index in [1.165, 1.54) is 28.8 Å². The third-order valence-electron chi connectivity index (χ3n) is 3.82. The molecule has 1 fully saturated rings. The molecule has 0 unspecified atom stereocenters. The summed E-state index contributed by atoms with van der Waals surface area (Å²) in [6, 6.07) is 10.8. The zero-order chi connectivity index (χ0) is 17.5. The molecule has 1 saturated heterocycles. The van der Waals surface area contributed by atoms with Crippen molar-refractivity contribution in [3.63, 3.8) is 0 Å². The highest BCUT2D eigenvalue weighted by atomic mass is 79.9. The number of nitrogens with zero attached hydrogens (tertiary/aromatic N) is 1. The fraction of sp³-hybridized carbons (Fsp3) is 0.235. The Morgan fingerprint density at radius 2 is 1.92 bits per heavy atom. The predicted octanol–water partition coefficient (Wildman–Crippen LogP) is 5.55. The molecule has 0 radical (unpaired) electrons. The summed E-state index contributed by atoms with van der Waals surface area (Å²) < 4.78 is 40.9. The van der Waals surface area contributed by atoms with Crippen molar-refractivity contribution < 1.29 is 18.0 Å². The molecular formula is C17H13BrF3NOS. The Hall–Kier alpha value is -1.47. The van der Waals surface area contributed by atoms with Crippen LogP contribution in [0.2, 0.25) is 0 Å². The average molecular weight is 416 g/mol. The smallest absolute Gasteiger partial charge is 0.295 e. The molecule has 126 valence electrons. The third kappa shape index (κ3) is 3.19. The Morgan fingerprint density at radius 3 is 2.58 bits per heavy atom. The quantitative estimate of drug-likeness (QED) is 0.640. The average Bonchev–Trinajstić information content (AvgIpc) is 2.91. The highest BCUT2D eigenvalue weighted by Gasteiger charge is 2.40. The van der Waals surface area contributed by atoms with Crippen molar-refractivity contribution in [2.45, 2.75) is 18.5 Å². The molecule has 2 aromatic carbocycles. The monoisotopic (exact) mass is 415 g/mol. The Kier molecular flexibility index (Phi) is 4.66. The number of hydrogen-bond acceptors (Lipinski definition) is 2. The molecule has 2 aromatic rings. The Labute approximate surface area is 150 Å². The van der Waals surface area contributed by atoms with Gasteiger partial charge in [-0.15, -0.1) is 11.8 Å². The van der Waals surface area contributed by atoms with Crippen LogP contribution >= 0.6 is 27.7 Å². The van der Waals surface area contributed by atoms with Crippen molar-refractivity contribution in [3.8, 4) is 0 Å². The van der Waals surface area contributed by atoms with E-state index in [1.54, 1.807) is 24.3 Å². The van der Waals surface area contributed by atoms with Crippen LogP contribution in [0.5, 0.6) is 0 Å². The fourth-order valence-corrected chi connectivity index (χ4v) is 4.14. The van der Waals surface area contributed by atoms with E-state index in [0.717, 1.165) is 16.1 Å². The highest BCUT2D eigenvalue weighted by molar-refractivity contribution is 9.10. The molecule has 0 aromatic heterocycles. The Balaban J connectivity index is 2.08. The molecule has 0 spiro atoms. The van der Waals surface area contributed by atoms with Gasteiger partial charge in [-0.25, -0.2) is 0 Å². The lowest BCUT2D eigenvalue weighted by Gasteiger charge is -2.27. The van der Waals surface area contributed by atoms with Crippen LogP contribution in [0.4, 0.5) is 18.9 Å². The number of carbonyl (C=O) groups is 1. The summed E-state index contributed by atoms with van der Waals surface area (Å²) in [6.45, 7) is 1.87. The Morgan fingerprint density at radius 1 is 1.21 bits per heavy atom. The second-order valence-electron chi connectivity index (χ2n) is 5.45. The zero-order valence-corrected chi connectivity index (χ0v) is 15.0. The summed E-state index contributed by atoms with van der Waals surface area (Å²) in [6.07, 6.45) is -4.45. The van der Waals surface area contributed by atoms with E-state index >= 15 is 0 Å². The van der Waals surface area contributed by atoms with Gasteiger partial charge in [0.25, 0.3) is 0 Å². The molecule has 1 heterocycles. The maximum Gasteiger partial charge on any atom is 0.416 e. The fourth-order valence-electron chi connectivity index (χ4n) is 2.68. The number of rotatable bonds is 2. The molecule has 0 N–H and O–H groups in total. The minimum atomic E-state index is -4.45. The van der Waals surface area contributed by atoms with Crippen molar-refractivity contribution in [1.82, 2.24) is 0 Å². The van der Waals surface area contributed by atoms with Crippen LogP contribution in [0.1, 0.15) is 22.1 Å². The molecule has 0 aliphatic carbocycles. The lowest BCUT2D eigenvalue weighted by Crippen LogP contribution is -2.29. The van der Waals surface area contributed by atoms with Gasteiger partial charge in [-0.3, -0.25) is 9.69 Å². The van der Waals surface area contributed by atoms with E-state index in [1.807, 2.05) is 6.92 Å². The number of aryl methyl sites for hydroxylation is 1. The lowest BCUT2D eigenvalue weighted by atomic mass is 10.1. The SMILES string of the molecule is Cc1cc(N2C(=O)CS[C@@H]2c2ccccc2C(F)(F)F)ccc1Br. The topological polar surface area (TPSA) is 20.3 Å². The van der Waals surface area contributed by atoms with Crippen molar-refractivity contribution in [2.75, 3.05) is 10.7 Å². The lowest BCUT2D eigenvalue weighted by molar-refractivity contribution is -0.138. The first-order valence-electron chi connectivity index (χ1n) is 7.15. The largest absolute Gasteiger partial charge is 0.416 e. The summed E-state index contributed by atoms with van der Waals surface area (Å²) in [5.41, 5.74) is 0.935. The number of amides is 1. The molecule has 1 atom stereocenters. The first-order valence-corrected chi connectivity index (χ1v) is 8.99. The van der Waals surface area contributed by atoms with Gasteiger partial charge in [0, 0.05) is 10.2 Å². The first-order chi connectivity index (χ1) is 11.3. The molecule has 0 saturated carbocycles. The van der Waals surface area contributed by atoms with Crippen LogP contribution in [0.15, 0.2) is 46.9 Å². The van der Waals surface area contributed by atoms with E-state index in [4.69, 9.17) is 0 Å².